The Labute approximate surface area is 225 Å². The predicted molar refractivity (Wildman–Crippen MR) is 135 cm³/mol. The molecular formula is C23H40N6O10. The Morgan fingerprint density at radius 3 is 1.56 bits per heavy atom. The highest BCUT2D eigenvalue weighted by atomic mass is 16.4. The van der Waals surface area contributed by atoms with Crippen molar-refractivity contribution in [2.75, 3.05) is 26.4 Å². The van der Waals surface area contributed by atoms with Crippen LogP contribution >= 0.6 is 0 Å². The average Bonchev–Trinajstić information content (AvgIpc) is 3.42. The van der Waals surface area contributed by atoms with Gasteiger partial charge < -0.3 is 52.3 Å². The van der Waals surface area contributed by atoms with Crippen LogP contribution < -0.4 is 31.9 Å². The lowest BCUT2D eigenvalue weighted by Crippen LogP contribution is -2.60. The second kappa shape index (κ2) is 16.6. The molecule has 1 saturated heterocycles. The van der Waals surface area contributed by atoms with Gasteiger partial charge >= 0.3 is 5.97 Å². The Morgan fingerprint density at radius 2 is 1.15 bits per heavy atom. The van der Waals surface area contributed by atoms with Crippen LogP contribution in [0.1, 0.15) is 40.0 Å². The first-order chi connectivity index (χ1) is 18.3. The highest BCUT2D eigenvalue weighted by Crippen LogP contribution is 2.07. The number of nitrogens with one attached hydrogen (secondary N) is 6. The molecule has 6 atom stereocenters. The number of aliphatic hydroxyl groups excluding tert-OH is 3. The molecule has 1 rings (SSSR count). The van der Waals surface area contributed by atoms with Gasteiger partial charge in [0, 0.05) is 0 Å². The van der Waals surface area contributed by atoms with E-state index in [2.05, 4.69) is 31.9 Å². The van der Waals surface area contributed by atoms with Crippen LogP contribution in [-0.2, 0) is 28.8 Å². The van der Waals surface area contributed by atoms with Gasteiger partial charge in [0.25, 0.3) is 0 Å². The molecule has 0 bridgehead atoms. The van der Waals surface area contributed by atoms with Crippen LogP contribution in [0.3, 0.4) is 0 Å². The fourth-order valence-electron chi connectivity index (χ4n) is 3.66. The molecule has 39 heavy (non-hydrogen) atoms. The van der Waals surface area contributed by atoms with Crippen LogP contribution in [0.4, 0.5) is 0 Å². The summed E-state index contributed by atoms with van der Waals surface area (Å²) >= 11 is 0. The van der Waals surface area contributed by atoms with Gasteiger partial charge in [0.1, 0.15) is 30.2 Å². The van der Waals surface area contributed by atoms with Crippen molar-refractivity contribution in [3.63, 3.8) is 0 Å². The van der Waals surface area contributed by atoms with Crippen molar-refractivity contribution in [2.24, 2.45) is 5.92 Å². The van der Waals surface area contributed by atoms with Crippen LogP contribution in [0, 0.1) is 5.92 Å². The van der Waals surface area contributed by atoms with Gasteiger partial charge in [-0.3, -0.25) is 28.8 Å². The predicted octanol–water partition coefficient (Wildman–Crippen LogP) is -4.71. The van der Waals surface area contributed by atoms with Crippen molar-refractivity contribution < 1.29 is 49.2 Å². The smallest absolute Gasteiger partial charge is 0.325 e. The quantitative estimate of drug-likeness (QED) is 0.0858. The Bertz CT molecular complexity index is 879. The van der Waals surface area contributed by atoms with E-state index in [4.69, 9.17) is 5.11 Å². The van der Waals surface area contributed by atoms with E-state index in [-0.39, 0.29) is 12.3 Å². The summed E-state index contributed by atoms with van der Waals surface area (Å²) in [5, 5.41) is 52.0. The second-order valence-corrected chi connectivity index (χ2v) is 9.64. The summed E-state index contributed by atoms with van der Waals surface area (Å²) in [5.41, 5.74) is 0. The number of carbonyl (C=O) groups excluding carboxylic acids is 5. The molecule has 1 aliphatic heterocycles. The fourth-order valence-corrected chi connectivity index (χ4v) is 3.66. The highest BCUT2D eigenvalue weighted by molar-refractivity contribution is 5.96. The topological polar surface area (TPSA) is 256 Å². The molecule has 0 aromatic heterocycles. The summed E-state index contributed by atoms with van der Waals surface area (Å²) in [6.45, 7) is 2.82. The minimum Gasteiger partial charge on any atom is -0.480 e. The van der Waals surface area contributed by atoms with Gasteiger partial charge in [-0.25, -0.2) is 0 Å². The molecular weight excluding hydrogens is 520 g/mol. The zero-order valence-electron chi connectivity index (χ0n) is 22.2. The van der Waals surface area contributed by atoms with E-state index in [1.165, 1.54) is 6.92 Å². The lowest BCUT2D eigenvalue weighted by Gasteiger charge is -2.26. The number of carboxylic acids is 1. The summed E-state index contributed by atoms with van der Waals surface area (Å²) in [4.78, 5) is 73.8. The number of carboxylic acid groups (broad SMARTS) is 1. The maximum atomic E-state index is 12.9. The van der Waals surface area contributed by atoms with Crippen LogP contribution in [0.2, 0.25) is 0 Å². The van der Waals surface area contributed by atoms with Gasteiger partial charge in [0.2, 0.25) is 29.5 Å². The molecule has 0 aromatic carbocycles. The summed E-state index contributed by atoms with van der Waals surface area (Å²) in [5.74, 6) is -5.70. The minimum absolute atomic E-state index is 0.0681. The lowest BCUT2D eigenvalue weighted by atomic mass is 10.0. The second-order valence-electron chi connectivity index (χ2n) is 9.64. The lowest BCUT2D eigenvalue weighted by molar-refractivity contribution is -0.142. The molecule has 1 fully saturated rings. The van der Waals surface area contributed by atoms with Gasteiger partial charge in [-0.05, 0) is 38.6 Å². The fraction of sp³-hybridized carbons (Fsp3) is 0.739. The van der Waals surface area contributed by atoms with Crippen LogP contribution in [-0.4, -0.2) is 119 Å². The normalized spacial score (nSPS) is 18.7. The van der Waals surface area contributed by atoms with Gasteiger partial charge in [-0.2, -0.15) is 0 Å². The third kappa shape index (κ3) is 11.1. The van der Waals surface area contributed by atoms with Gasteiger partial charge in [0.15, 0.2) is 0 Å². The SMILES string of the molecule is CC(C)C[C@H](NC(=O)[C@H](CO)NC(=O)[C@H](CO)NC(=O)[C@@H]1CCCN1)C(=O)N[C@@H](CO)C(=O)N[C@@H](C)C(=O)O. The maximum Gasteiger partial charge on any atom is 0.325 e. The Balaban J connectivity index is 2.86. The summed E-state index contributed by atoms with van der Waals surface area (Å²) in [6.07, 6.45) is 1.40. The number of rotatable bonds is 16. The Hall–Kier alpha value is -3.34. The molecule has 0 spiro atoms. The number of hydrogen-bond acceptors (Lipinski definition) is 10. The first-order valence-electron chi connectivity index (χ1n) is 12.6. The van der Waals surface area contributed by atoms with Crippen molar-refractivity contribution in [3.8, 4) is 0 Å². The van der Waals surface area contributed by atoms with Gasteiger partial charge in [0.05, 0.1) is 25.9 Å². The highest BCUT2D eigenvalue weighted by Gasteiger charge is 2.32. The molecule has 10 N–H and O–H groups in total. The first kappa shape index (κ1) is 33.7. The van der Waals surface area contributed by atoms with E-state index in [0.717, 1.165) is 6.42 Å². The average molecular weight is 561 g/mol. The van der Waals surface area contributed by atoms with Crippen molar-refractivity contribution in [1.29, 1.82) is 0 Å². The third-order valence-corrected chi connectivity index (χ3v) is 5.89. The van der Waals surface area contributed by atoms with E-state index in [1.54, 1.807) is 13.8 Å². The van der Waals surface area contributed by atoms with Crippen molar-refractivity contribution in [1.82, 2.24) is 31.9 Å². The first-order valence-corrected chi connectivity index (χ1v) is 12.6. The van der Waals surface area contributed by atoms with Crippen LogP contribution in [0.25, 0.3) is 0 Å². The van der Waals surface area contributed by atoms with E-state index >= 15 is 0 Å². The molecule has 0 radical (unpaired) electrons. The van der Waals surface area contributed by atoms with Crippen molar-refractivity contribution in [3.05, 3.63) is 0 Å². The van der Waals surface area contributed by atoms with E-state index in [1.807, 2.05) is 0 Å². The third-order valence-electron chi connectivity index (χ3n) is 5.89. The molecule has 0 saturated carbocycles. The summed E-state index contributed by atoms with van der Waals surface area (Å²) in [7, 11) is 0. The summed E-state index contributed by atoms with van der Waals surface area (Å²) in [6, 6.07) is -7.52. The van der Waals surface area contributed by atoms with Crippen molar-refractivity contribution in [2.45, 2.75) is 76.3 Å². The van der Waals surface area contributed by atoms with Crippen molar-refractivity contribution >= 4 is 35.5 Å². The Morgan fingerprint density at radius 1 is 0.718 bits per heavy atom. The zero-order chi connectivity index (χ0) is 29.7. The largest absolute Gasteiger partial charge is 0.480 e. The molecule has 0 unspecified atom stereocenters. The number of aliphatic carboxylic acids is 1. The van der Waals surface area contributed by atoms with Crippen LogP contribution in [0.5, 0.6) is 0 Å². The Kier molecular flexibility index (Phi) is 14.3. The molecule has 0 aromatic rings. The van der Waals surface area contributed by atoms with E-state index in [9.17, 15) is 44.1 Å². The number of carbonyl (C=O) groups is 6. The molecule has 16 heteroatoms. The molecule has 5 amide bonds. The summed E-state index contributed by atoms with van der Waals surface area (Å²) < 4.78 is 0. The molecule has 1 aliphatic rings. The molecule has 222 valence electrons. The molecule has 0 aliphatic carbocycles. The van der Waals surface area contributed by atoms with Crippen LogP contribution in [0.15, 0.2) is 0 Å². The zero-order valence-corrected chi connectivity index (χ0v) is 22.2. The van der Waals surface area contributed by atoms with E-state index in [0.29, 0.717) is 13.0 Å². The molecule has 16 nitrogen and oxygen atoms in total. The standard InChI is InChI=1S/C23H40N6O10/c1-11(2)7-14(19(34)28-15(8-30)20(35)25-12(3)23(38)39)26-21(36)16(9-31)29-22(37)17(10-32)27-18(33)13-5-4-6-24-13/h11-17,24,30-32H,4-10H2,1-3H3,(H,25,35)(H,26,36)(H,27,33)(H,28,34)(H,29,37)(H,38,39)/t12-,13-,14-,15-,16-,17-/m0/s1. The minimum atomic E-state index is -1.55. The van der Waals surface area contributed by atoms with Gasteiger partial charge in [-0.1, -0.05) is 13.8 Å². The number of amides is 5. The van der Waals surface area contributed by atoms with Gasteiger partial charge in [-0.15, -0.1) is 0 Å². The maximum absolute atomic E-state index is 12.9. The number of hydrogen-bond donors (Lipinski definition) is 10. The van der Waals surface area contributed by atoms with E-state index < -0.39 is 91.6 Å². The number of aliphatic hydroxyl groups is 3. The molecule has 1 heterocycles. The monoisotopic (exact) mass is 560 g/mol.